The molecule has 1 aromatic heterocycles. The number of halogens is 1. The van der Waals surface area contributed by atoms with Crippen LogP contribution in [0.3, 0.4) is 0 Å². The Bertz CT molecular complexity index is 433. The van der Waals surface area contributed by atoms with Crippen LogP contribution in [0, 0.1) is 5.92 Å². The van der Waals surface area contributed by atoms with Crippen LogP contribution in [0.1, 0.15) is 37.0 Å². The predicted octanol–water partition coefficient (Wildman–Crippen LogP) is 2.94. The summed E-state index contributed by atoms with van der Waals surface area (Å²) in [6, 6.07) is 3.89. The maximum absolute atomic E-state index is 12.2. The summed E-state index contributed by atoms with van der Waals surface area (Å²) in [4.78, 5) is 18.5. The first-order valence-corrected chi connectivity index (χ1v) is 7.85. The second-order valence-electron chi connectivity index (χ2n) is 5.16. The van der Waals surface area contributed by atoms with Crippen LogP contribution in [-0.2, 0) is 0 Å². The molecular formula is C15H24BrN3O. The zero-order chi connectivity index (χ0) is 15.1. The number of aromatic nitrogens is 1. The van der Waals surface area contributed by atoms with Crippen LogP contribution in [0.25, 0.3) is 0 Å². The van der Waals surface area contributed by atoms with Gasteiger partial charge in [0.2, 0.25) is 0 Å². The largest absolute Gasteiger partial charge is 0.350 e. The number of carbonyl (C=O) groups excluding carboxylic acids is 1. The number of carbonyl (C=O) groups is 1. The molecule has 4 nitrogen and oxygen atoms in total. The fourth-order valence-corrected chi connectivity index (χ4v) is 2.88. The predicted molar refractivity (Wildman–Crippen MR) is 85.8 cm³/mol. The van der Waals surface area contributed by atoms with Crippen molar-refractivity contribution in [2.75, 3.05) is 20.6 Å². The molecule has 20 heavy (non-hydrogen) atoms. The van der Waals surface area contributed by atoms with Gasteiger partial charge < -0.3 is 10.2 Å². The van der Waals surface area contributed by atoms with Crippen molar-refractivity contribution in [3.8, 4) is 0 Å². The molecule has 1 unspecified atom stereocenters. The molecule has 1 N–H and O–H groups in total. The maximum Gasteiger partial charge on any atom is 0.254 e. The van der Waals surface area contributed by atoms with Gasteiger partial charge in [-0.25, -0.2) is 4.98 Å². The zero-order valence-electron chi connectivity index (χ0n) is 12.7. The van der Waals surface area contributed by atoms with E-state index in [4.69, 9.17) is 0 Å². The minimum absolute atomic E-state index is 0.0808. The molecule has 0 bridgehead atoms. The standard InChI is InChI=1S/C15H24BrN3O/c1-5-11(6-2)13(19(3)4)10-18-15(20)12-8-7-9-17-14(12)16/h7-9,11,13H,5-6,10H2,1-4H3,(H,18,20). The SMILES string of the molecule is CCC(CC)C(CNC(=O)c1cccnc1Br)N(C)C. The average Bonchev–Trinajstić information content (AvgIpc) is 2.43. The molecule has 0 aliphatic carbocycles. The van der Waals surface area contributed by atoms with Crippen molar-refractivity contribution < 1.29 is 4.79 Å². The van der Waals surface area contributed by atoms with Crippen LogP contribution in [0.5, 0.6) is 0 Å². The minimum atomic E-state index is -0.0808. The van der Waals surface area contributed by atoms with Crippen molar-refractivity contribution in [3.05, 3.63) is 28.5 Å². The van der Waals surface area contributed by atoms with Crippen molar-refractivity contribution in [2.24, 2.45) is 5.92 Å². The average molecular weight is 342 g/mol. The summed E-state index contributed by atoms with van der Waals surface area (Å²) in [7, 11) is 4.13. The van der Waals surface area contributed by atoms with Crippen molar-refractivity contribution in [3.63, 3.8) is 0 Å². The summed E-state index contributed by atoms with van der Waals surface area (Å²) >= 11 is 3.31. The second-order valence-corrected chi connectivity index (χ2v) is 5.91. The first-order valence-electron chi connectivity index (χ1n) is 7.06. The number of nitrogens with zero attached hydrogens (tertiary/aromatic N) is 2. The van der Waals surface area contributed by atoms with Gasteiger partial charge in [0.15, 0.2) is 0 Å². The third-order valence-electron chi connectivity index (χ3n) is 3.73. The van der Waals surface area contributed by atoms with Gasteiger partial charge >= 0.3 is 0 Å². The lowest BCUT2D eigenvalue weighted by Crippen LogP contribution is -2.44. The molecule has 1 rings (SSSR count). The number of nitrogens with one attached hydrogen (secondary N) is 1. The van der Waals surface area contributed by atoms with Crippen molar-refractivity contribution in [1.82, 2.24) is 15.2 Å². The highest BCUT2D eigenvalue weighted by atomic mass is 79.9. The van der Waals surface area contributed by atoms with Crippen LogP contribution in [0.2, 0.25) is 0 Å². The third-order valence-corrected chi connectivity index (χ3v) is 4.36. The number of amides is 1. The molecule has 1 atom stereocenters. The second kappa shape index (κ2) is 8.37. The van der Waals surface area contributed by atoms with Crippen LogP contribution >= 0.6 is 15.9 Å². The van der Waals surface area contributed by atoms with E-state index < -0.39 is 0 Å². The smallest absolute Gasteiger partial charge is 0.254 e. The Hall–Kier alpha value is -0.940. The van der Waals surface area contributed by atoms with Gasteiger partial charge in [-0.05, 0) is 48.1 Å². The molecule has 0 aliphatic rings. The van der Waals surface area contributed by atoms with Crippen LogP contribution in [-0.4, -0.2) is 42.5 Å². The lowest BCUT2D eigenvalue weighted by molar-refractivity contribution is 0.0927. The Labute approximate surface area is 130 Å². The third kappa shape index (κ3) is 4.56. The molecule has 1 amide bonds. The molecule has 1 heterocycles. The van der Waals surface area contributed by atoms with E-state index in [1.165, 1.54) is 0 Å². The van der Waals surface area contributed by atoms with E-state index in [0.717, 1.165) is 12.8 Å². The molecule has 0 saturated carbocycles. The van der Waals surface area contributed by atoms with Gasteiger partial charge in [-0.2, -0.15) is 0 Å². The summed E-state index contributed by atoms with van der Waals surface area (Å²) in [5, 5.41) is 3.02. The van der Waals surface area contributed by atoms with Crippen LogP contribution in [0.15, 0.2) is 22.9 Å². The Kier molecular flexibility index (Phi) is 7.16. The van der Waals surface area contributed by atoms with Gasteiger partial charge in [0.1, 0.15) is 4.60 Å². The minimum Gasteiger partial charge on any atom is -0.350 e. The van der Waals surface area contributed by atoms with Gasteiger partial charge in [-0.1, -0.05) is 26.7 Å². The van der Waals surface area contributed by atoms with Crippen molar-refractivity contribution >= 4 is 21.8 Å². The lowest BCUT2D eigenvalue weighted by atomic mass is 9.93. The van der Waals surface area contributed by atoms with E-state index >= 15 is 0 Å². The first-order chi connectivity index (χ1) is 9.51. The van der Waals surface area contributed by atoms with E-state index in [1.807, 2.05) is 0 Å². The van der Waals surface area contributed by atoms with E-state index in [-0.39, 0.29) is 5.91 Å². The molecular weight excluding hydrogens is 318 g/mol. The highest BCUT2D eigenvalue weighted by molar-refractivity contribution is 9.10. The van der Waals surface area contributed by atoms with E-state index in [9.17, 15) is 4.79 Å². The number of hydrogen-bond acceptors (Lipinski definition) is 3. The maximum atomic E-state index is 12.2. The zero-order valence-corrected chi connectivity index (χ0v) is 14.3. The summed E-state index contributed by atoms with van der Waals surface area (Å²) in [5.41, 5.74) is 0.578. The Morgan fingerprint density at radius 3 is 2.55 bits per heavy atom. The molecule has 0 aliphatic heterocycles. The summed E-state index contributed by atoms with van der Waals surface area (Å²) in [6.07, 6.45) is 3.89. The van der Waals surface area contributed by atoms with Crippen molar-refractivity contribution in [2.45, 2.75) is 32.7 Å². The lowest BCUT2D eigenvalue weighted by Gasteiger charge is -2.31. The van der Waals surface area contributed by atoms with E-state index in [1.54, 1.807) is 18.3 Å². The molecule has 0 fully saturated rings. The molecule has 112 valence electrons. The Balaban J connectivity index is 2.68. The summed E-state index contributed by atoms with van der Waals surface area (Å²) in [6.45, 7) is 5.05. The fraction of sp³-hybridized carbons (Fsp3) is 0.600. The molecule has 0 saturated heterocycles. The van der Waals surface area contributed by atoms with Gasteiger partial charge in [0.05, 0.1) is 5.56 Å². The molecule has 0 radical (unpaired) electrons. The van der Waals surface area contributed by atoms with Crippen LogP contribution < -0.4 is 5.32 Å². The van der Waals surface area contributed by atoms with Gasteiger partial charge in [0.25, 0.3) is 5.91 Å². The molecule has 0 spiro atoms. The van der Waals surface area contributed by atoms with E-state index in [2.05, 4.69) is 59.1 Å². The molecule has 5 heteroatoms. The fourth-order valence-electron chi connectivity index (χ4n) is 2.45. The Morgan fingerprint density at radius 2 is 2.05 bits per heavy atom. The normalized spacial score (nSPS) is 12.8. The van der Waals surface area contributed by atoms with Gasteiger partial charge in [-0.3, -0.25) is 4.79 Å². The summed E-state index contributed by atoms with van der Waals surface area (Å²) < 4.78 is 0.585. The number of pyridine rings is 1. The number of hydrogen-bond donors (Lipinski definition) is 1. The van der Waals surface area contributed by atoms with Gasteiger partial charge in [-0.15, -0.1) is 0 Å². The highest BCUT2D eigenvalue weighted by Crippen LogP contribution is 2.17. The molecule has 1 aromatic rings. The monoisotopic (exact) mass is 341 g/mol. The van der Waals surface area contributed by atoms with Crippen molar-refractivity contribution in [1.29, 1.82) is 0 Å². The quantitative estimate of drug-likeness (QED) is 0.775. The first kappa shape index (κ1) is 17.1. The van der Waals surface area contributed by atoms with Gasteiger partial charge in [0, 0.05) is 18.8 Å². The summed E-state index contributed by atoms with van der Waals surface area (Å²) in [5.74, 6) is 0.505. The highest BCUT2D eigenvalue weighted by Gasteiger charge is 2.21. The number of likely N-dealkylation sites (N-methyl/N-ethyl adjacent to an activating group) is 1. The molecule has 0 aromatic carbocycles. The van der Waals surface area contributed by atoms with Crippen LogP contribution in [0.4, 0.5) is 0 Å². The number of rotatable bonds is 7. The Morgan fingerprint density at radius 1 is 1.40 bits per heavy atom. The van der Waals surface area contributed by atoms with E-state index in [0.29, 0.717) is 28.7 Å². The topological polar surface area (TPSA) is 45.2 Å².